The van der Waals surface area contributed by atoms with Gasteiger partial charge >= 0.3 is 5.97 Å². The van der Waals surface area contributed by atoms with Gasteiger partial charge in [0.25, 0.3) is 0 Å². The van der Waals surface area contributed by atoms with E-state index in [1.165, 1.54) is 5.56 Å². The summed E-state index contributed by atoms with van der Waals surface area (Å²) in [7, 11) is 0. The fraction of sp³-hybridized carbons (Fsp3) is 0.500. The van der Waals surface area contributed by atoms with Gasteiger partial charge in [0.05, 0.1) is 5.69 Å². The van der Waals surface area contributed by atoms with Gasteiger partial charge in [-0.15, -0.1) is 0 Å². The van der Waals surface area contributed by atoms with Gasteiger partial charge in [-0.25, -0.2) is 4.79 Å². The SMILES string of the molecule is CCCC(Oc1cccc2c1NCCC2)C(=O)O. The van der Waals surface area contributed by atoms with E-state index in [0.717, 1.165) is 31.5 Å². The lowest BCUT2D eigenvalue weighted by molar-refractivity contribution is -0.145. The zero-order valence-corrected chi connectivity index (χ0v) is 10.6. The first-order chi connectivity index (χ1) is 8.72. The maximum absolute atomic E-state index is 11.1. The van der Waals surface area contributed by atoms with Crippen LogP contribution in [0.2, 0.25) is 0 Å². The molecule has 4 nitrogen and oxygen atoms in total. The van der Waals surface area contributed by atoms with Crippen LogP contribution < -0.4 is 10.1 Å². The third-order valence-corrected chi connectivity index (χ3v) is 3.13. The molecule has 0 aromatic heterocycles. The maximum Gasteiger partial charge on any atom is 0.344 e. The molecule has 0 saturated carbocycles. The molecule has 18 heavy (non-hydrogen) atoms. The Bertz CT molecular complexity index is 431. The Kier molecular flexibility index (Phi) is 4.07. The van der Waals surface area contributed by atoms with Crippen molar-refractivity contribution < 1.29 is 14.6 Å². The van der Waals surface area contributed by atoms with Crippen molar-refractivity contribution in [3.63, 3.8) is 0 Å². The van der Waals surface area contributed by atoms with Gasteiger partial charge in [-0.1, -0.05) is 25.5 Å². The van der Waals surface area contributed by atoms with E-state index in [0.29, 0.717) is 12.2 Å². The number of aliphatic carboxylic acids is 1. The minimum Gasteiger partial charge on any atom is -0.479 e. The number of para-hydroxylation sites is 1. The van der Waals surface area contributed by atoms with Gasteiger partial charge in [0.1, 0.15) is 5.75 Å². The maximum atomic E-state index is 11.1. The molecule has 4 heteroatoms. The molecule has 1 aromatic carbocycles. The smallest absolute Gasteiger partial charge is 0.344 e. The molecule has 0 bridgehead atoms. The zero-order chi connectivity index (χ0) is 13.0. The van der Waals surface area contributed by atoms with Gasteiger partial charge in [0.2, 0.25) is 0 Å². The third kappa shape index (κ3) is 2.75. The second kappa shape index (κ2) is 5.76. The molecule has 98 valence electrons. The van der Waals surface area contributed by atoms with Crippen molar-refractivity contribution in [1.29, 1.82) is 0 Å². The lowest BCUT2D eigenvalue weighted by Crippen LogP contribution is -2.27. The van der Waals surface area contributed by atoms with Crippen LogP contribution >= 0.6 is 0 Å². The number of rotatable bonds is 5. The van der Waals surface area contributed by atoms with Crippen molar-refractivity contribution in [2.75, 3.05) is 11.9 Å². The minimum atomic E-state index is -0.898. The van der Waals surface area contributed by atoms with Gasteiger partial charge in [-0.2, -0.15) is 0 Å². The standard InChI is InChI=1S/C14H19NO3/c1-2-5-12(14(16)17)18-11-8-3-6-10-7-4-9-15-13(10)11/h3,6,8,12,15H,2,4-5,7,9H2,1H3,(H,16,17). The Balaban J connectivity index is 2.20. The molecule has 1 atom stereocenters. The summed E-state index contributed by atoms with van der Waals surface area (Å²) < 4.78 is 5.65. The van der Waals surface area contributed by atoms with E-state index in [4.69, 9.17) is 9.84 Å². The highest BCUT2D eigenvalue weighted by atomic mass is 16.5. The largest absolute Gasteiger partial charge is 0.479 e. The molecular weight excluding hydrogens is 230 g/mol. The minimum absolute atomic E-state index is 0.527. The molecule has 0 spiro atoms. The predicted octanol–water partition coefficient (Wildman–Crippen LogP) is 2.68. The molecular formula is C14H19NO3. The van der Waals surface area contributed by atoms with Gasteiger partial charge in [0.15, 0.2) is 6.10 Å². The summed E-state index contributed by atoms with van der Waals surface area (Å²) in [6, 6.07) is 5.82. The molecule has 0 aliphatic carbocycles. The number of anilines is 1. The monoisotopic (exact) mass is 249 g/mol. The van der Waals surface area contributed by atoms with Crippen LogP contribution in [0.3, 0.4) is 0 Å². The predicted molar refractivity (Wildman–Crippen MR) is 70.2 cm³/mol. The van der Waals surface area contributed by atoms with E-state index in [-0.39, 0.29) is 0 Å². The van der Waals surface area contributed by atoms with Crippen LogP contribution in [0.4, 0.5) is 5.69 Å². The van der Waals surface area contributed by atoms with Crippen LogP contribution in [-0.2, 0) is 11.2 Å². The molecule has 1 heterocycles. The molecule has 1 aromatic rings. The Hall–Kier alpha value is -1.71. The van der Waals surface area contributed by atoms with Crippen molar-refractivity contribution in [3.8, 4) is 5.75 Å². The average Bonchev–Trinajstić information content (AvgIpc) is 2.38. The molecule has 0 amide bonds. The summed E-state index contributed by atoms with van der Waals surface area (Å²) in [6.07, 6.45) is 2.68. The number of carboxylic acid groups (broad SMARTS) is 1. The molecule has 1 unspecified atom stereocenters. The summed E-state index contributed by atoms with van der Waals surface area (Å²) in [6.45, 7) is 2.87. The van der Waals surface area contributed by atoms with Gasteiger partial charge in [0, 0.05) is 6.54 Å². The van der Waals surface area contributed by atoms with Gasteiger partial charge in [-0.05, 0) is 30.9 Å². The first kappa shape index (κ1) is 12.7. The van der Waals surface area contributed by atoms with Crippen molar-refractivity contribution >= 4 is 11.7 Å². The van der Waals surface area contributed by atoms with Crippen molar-refractivity contribution in [1.82, 2.24) is 0 Å². The zero-order valence-electron chi connectivity index (χ0n) is 10.6. The molecule has 2 N–H and O–H groups in total. The van der Waals surface area contributed by atoms with E-state index in [1.807, 2.05) is 19.1 Å². The summed E-state index contributed by atoms with van der Waals surface area (Å²) in [5.41, 5.74) is 2.17. The highest BCUT2D eigenvalue weighted by molar-refractivity contribution is 5.73. The van der Waals surface area contributed by atoms with Gasteiger partial charge in [-0.3, -0.25) is 0 Å². The van der Waals surface area contributed by atoms with Crippen molar-refractivity contribution in [3.05, 3.63) is 23.8 Å². The lowest BCUT2D eigenvalue weighted by atomic mass is 10.0. The number of carbonyl (C=O) groups is 1. The Morgan fingerprint density at radius 1 is 1.56 bits per heavy atom. The van der Waals surface area contributed by atoms with E-state index < -0.39 is 12.1 Å². The Morgan fingerprint density at radius 3 is 3.11 bits per heavy atom. The van der Waals surface area contributed by atoms with Crippen LogP contribution in [0.1, 0.15) is 31.7 Å². The molecule has 0 saturated heterocycles. The van der Waals surface area contributed by atoms with E-state index in [2.05, 4.69) is 11.4 Å². The highest BCUT2D eigenvalue weighted by Crippen LogP contribution is 2.33. The second-order valence-corrected chi connectivity index (χ2v) is 4.55. The summed E-state index contributed by atoms with van der Waals surface area (Å²) in [4.78, 5) is 11.1. The molecule has 0 fully saturated rings. The third-order valence-electron chi connectivity index (χ3n) is 3.13. The summed E-state index contributed by atoms with van der Waals surface area (Å²) >= 11 is 0. The Labute approximate surface area is 107 Å². The fourth-order valence-electron chi connectivity index (χ4n) is 2.22. The highest BCUT2D eigenvalue weighted by Gasteiger charge is 2.21. The molecule has 1 aliphatic rings. The van der Waals surface area contributed by atoms with E-state index in [9.17, 15) is 4.79 Å². The number of fused-ring (bicyclic) bond motifs is 1. The fourth-order valence-corrected chi connectivity index (χ4v) is 2.22. The molecule has 2 rings (SSSR count). The van der Waals surface area contributed by atoms with Crippen LogP contribution in [0, 0.1) is 0 Å². The number of benzene rings is 1. The number of carboxylic acids is 1. The van der Waals surface area contributed by atoms with Crippen LogP contribution in [0.15, 0.2) is 18.2 Å². The molecule has 1 aliphatic heterocycles. The van der Waals surface area contributed by atoms with Crippen molar-refractivity contribution in [2.24, 2.45) is 0 Å². The average molecular weight is 249 g/mol. The quantitative estimate of drug-likeness (QED) is 0.842. The number of nitrogens with one attached hydrogen (secondary N) is 1. The first-order valence-corrected chi connectivity index (χ1v) is 6.47. The first-order valence-electron chi connectivity index (χ1n) is 6.47. The number of aryl methyl sites for hydroxylation is 1. The van der Waals surface area contributed by atoms with Crippen LogP contribution in [0.25, 0.3) is 0 Å². The number of hydrogen-bond donors (Lipinski definition) is 2. The number of ether oxygens (including phenoxy) is 1. The number of hydrogen-bond acceptors (Lipinski definition) is 3. The van der Waals surface area contributed by atoms with E-state index in [1.54, 1.807) is 0 Å². The second-order valence-electron chi connectivity index (χ2n) is 4.55. The van der Waals surface area contributed by atoms with Crippen LogP contribution in [-0.4, -0.2) is 23.7 Å². The Morgan fingerprint density at radius 2 is 2.39 bits per heavy atom. The van der Waals surface area contributed by atoms with Crippen LogP contribution in [0.5, 0.6) is 5.75 Å². The van der Waals surface area contributed by atoms with E-state index >= 15 is 0 Å². The topological polar surface area (TPSA) is 58.6 Å². The van der Waals surface area contributed by atoms with Crippen molar-refractivity contribution in [2.45, 2.75) is 38.7 Å². The molecule has 0 radical (unpaired) electrons. The van der Waals surface area contributed by atoms with Gasteiger partial charge < -0.3 is 15.2 Å². The lowest BCUT2D eigenvalue weighted by Gasteiger charge is -2.23. The summed E-state index contributed by atoms with van der Waals surface area (Å²) in [5, 5.41) is 12.4. The summed E-state index contributed by atoms with van der Waals surface area (Å²) in [5.74, 6) is -0.238. The normalized spacial score (nSPS) is 15.4.